The Morgan fingerprint density at radius 3 is 2.52 bits per heavy atom. The molecule has 1 saturated carbocycles. The highest BCUT2D eigenvalue weighted by Crippen LogP contribution is 2.35. The van der Waals surface area contributed by atoms with Gasteiger partial charge in [-0.15, -0.1) is 0 Å². The predicted molar refractivity (Wildman–Crippen MR) is 79.0 cm³/mol. The minimum Gasteiger partial charge on any atom is -0.309 e. The number of hydrogen-bond acceptors (Lipinski definition) is 2. The first-order valence-corrected chi connectivity index (χ1v) is 7.43. The van der Waals surface area contributed by atoms with E-state index >= 15 is 0 Å². The number of carbonyl (C=O) groups is 1. The number of amides is 1. The molecule has 3 rings (SSSR count). The molecule has 7 heteroatoms. The van der Waals surface area contributed by atoms with Crippen LogP contribution in [0.5, 0.6) is 0 Å². The molecule has 0 bridgehead atoms. The number of hydrogen-bond donors (Lipinski definition) is 2. The molecule has 2 N–H and O–H groups in total. The Labute approximate surface area is 131 Å². The Morgan fingerprint density at radius 2 is 1.96 bits per heavy atom. The van der Waals surface area contributed by atoms with Gasteiger partial charge < -0.3 is 5.32 Å². The minimum absolute atomic E-state index is 0.00373. The van der Waals surface area contributed by atoms with Gasteiger partial charge in [-0.1, -0.05) is 18.6 Å². The van der Waals surface area contributed by atoms with Crippen LogP contribution in [0.2, 0.25) is 0 Å². The molecule has 1 aromatic heterocycles. The number of nitrogens with zero attached hydrogens (tertiary/aromatic N) is 1. The first kappa shape index (κ1) is 15.6. The lowest BCUT2D eigenvalue weighted by atomic mass is 9.83. The average molecular weight is 323 g/mol. The predicted octanol–water partition coefficient (Wildman–Crippen LogP) is 3.88. The second-order valence-electron chi connectivity index (χ2n) is 5.76. The van der Waals surface area contributed by atoms with Crippen molar-refractivity contribution < 1.29 is 18.0 Å². The summed E-state index contributed by atoms with van der Waals surface area (Å²) in [4.78, 5) is 11.9. The average Bonchev–Trinajstić information content (AvgIpc) is 2.84. The highest BCUT2D eigenvalue weighted by Gasteiger charge is 2.30. The third kappa shape index (κ3) is 3.72. The number of carbonyl (C=O) groups excluding carboxylic acids is 1. The van der Waals surface area contributed by atoms with E-state index in [1.54, 1.807) is 0 Å². The maximum Gasteiger partial charge on any atom is 0.416 e. The van der Waals surface area contributed by atoms with E-state index in [1.807, 2.05) is 6.07 Å². The van der Waals surface area contributed by atoms with Gasteiger partial charge in [0.15, 0.2) is 5.82 Å². The molecule has 0 unspecified atom stereocenters. The zero-order chi connectivity index (χ0) is 16.4. The van der Waals surface area contributed by atoms with E-state index < -0.39 is 11.7 Å². The maximum atomic E-state index is 12.5. The lowest BCUT2D eigenvalue weighted by Crippen LogP contribution is -2.15. The molecule has 122 valence electrons. The van der Waals surface area contributed by atoms with E-state index in [0.717, 1.165) is 30.7 Å². The number of halogens is 3. The number of aromatic amines is 1. The summed E-state index contributed by atoms with van der Waals surface area (Å²) < 4.78 is 37.4. The summed E-state index contributed by atoms with van der Waals surface area (Å²) in [6.45, 7) is 0. The van der Waals surface area contributed by atoms with E-state index in [2.05, 4.69) is 15.5 Å². The van der Waals surface area contributed by atoms with Crippen molar-refractivity contribution in [1.82, 2.24) is 10.2 Å². The summed E-state index contributed by atoms with van der Waals surface area (Å²) in [6, 6.07) is 6.39. The van der Waals surface area contributed by atoms with Crippen LogP contribution in [0.15, 0.2) is 30.3 Å². The van der Waals surface area contributed by atoms with Crippen LogP contribution in [-0.2, 0) is 17.4 Å². The van der Waals surface area contributed by atoms with Gasteiger partial charge in [0, 0.05) is 17.7 Å². The molecule has 1 heterocycles. The fourth-order valence-electron chi connectivity index (χ4n) is 2.51. The molecule has 0 radical (unpaired) electrons. The van der Waals surface area contributed by atoms with Crippen LogP contribution in [0.3, 0.4) is 0 Å². The fraction of sp³-hybridized carbons (Fsp3) is 0.375. The second-order valence-corrected chi connectivity index (χ2v) is 5.76. The number of benzene rings is 1. The van der Waals surface area contributed by atoms with Gasteiger partial charge in [0.2, 0.25) is 5.91 Å². The molecule has 1 fully saturated rings. The maximum absolute atomic E-state index is 12.5. The van der Waals surface area contributed by atoms with Crippen LogP contribution in [0, 0.1) is 0 Å². The Kier molecular flexibility index (Phi) is 4.11. The van der Waals surface area contributed by atoms with Gasteiger partial charge in [-0.05, 0) is 30.5 Å². The topological polar surface area (TPSA) is 57.8 Å². The molecule has 1 aromatic carbocycles. The van der Waals surface area contributed by atoms with Crippen LogP contribution in [-0.4, -0.2) is 16.1 Å². The normalized spacial score (nSPS) is 15.3. The molecule has 0 aliphatic heterocycles. The summed E-state index contributed by atoms with van der Waals surface area (Å²) in [5, 5.41) is 9.61. The van der Waals surface area contributed by atoms with Crippen molar-refractivity contribution in [3.8, 4) is 0 Å². The molecule has 23 heavy (non-hydrogen) atoms. The minimum atomic E-state index is -4.37. The van der Waals surface area contributed by atoms with Crippen molar-refractivity contribution in [3.63, 3.8) is 0 Å². The number of aromatic nitrogens is 2. The first-order chi connectivity index (χ1) is 10.9. The SMILES string of the molecule is O=C(Cc1ccc(C(F)(F)F)cc1)Nc1cc(C2CCC2)[nH]n1. The summed E-state index contributed by atoms with van der Waals surface area (Å²) in [5.41, 5.74) is 0.811. The summed E-state index contributed by atoms with van der Waals surface area (Å²) in [6.07, 6.45) is -0.904. The van der Waals surface area contributed by atoms with Crippen molar-refractivity contribution in [2.75, 3.05) is 5.32 Å². The van der Waals surface area contributed by atoms with Gasteiger partial charge in [0.1, 0.15) is 0 Å². The van der Waals surface area contributed by atoms with Gasteiger partial charge in [0.05, 0.1) is 12.0 Å². The molecule has 1 aliphatic rings. The van der Waals surface area contributed by atoms with Crippen molar-refractivity contribution in [3.05, 3.63) is 47.2 Å². The number of H-pyrrole nitrogens is 1. The Morgan fingerprint density at radius 1 is 1.26 bits per heavy atom. The Bertz CT molecular complexity index is 687. The van der Waals surface area contributed by atoms with Crippen molar-refractivity contribution in [2.45, 2.75) is 37.8 Å². The van der Waals surface area contributed by atoms with Gasteiger partial charge in [-0.3, -0.25) is 9.89 Å². The van der Waals surface area contributed by atoms with Crippen LogP contribution >= 0.6 is 0 Å². The number of alkyl halides is 3. The molecular weight excluding hydrogens is 307 g/mol. The molecule has 0 spiro atoms. The van der Waals surface area contributed by atoms with Crippen molar-refractivity contribution >= 4 is 11.7 Å². The third-order valence-corrected chi connectivity index (χ3v) is 4.06. The first-order valence-electron chi connectivity index (χ1n) is 7.43. The molecule has 4 nitrogen and oxygen atoms in total. The number of nitrogens with one attached hydrogen (secondary N) is 2. The van der Waals surface area contributed by atoms with Crippen LogP contribution in [0.1, 0.15) is 42.0 Å². The van der Waals surface area contributed by atoms with E-state index in [4.69, 9.17) is 0 Å². The van der Waals surface area contributed by atoms with E-state index in [0.29, 0.717) is 17.3 Å². The molecule has 1 aliphatic carbocycles. The molecular formula is C16H16F3N3O. The number of anilines is 1. The zero-order valence-electron chi connectivity index (χ0n) is 12.3. The molecule has 1 amide bonds. The molecule has 0 atom stereocenters. The lowest BCUT2D eigenvalue weighted by molar-refractivity contribution is -0.137. The van der Waals surface area contributed by atoms with Crippen molar-refractivity contribution in [1.29, 1.82) is 0 Å². The summed E-state index contributed by atoms with van der Waals surface area (Å²) in [5.74, 6) is 0.628. The zero-order valence-corrected chi connectivity index (χ0v) is 12.3. The molecule has 0 saturated heterocycles. The van der Waals surface area contributed by atoms with Crippen LogP contribution in [0.25, 0.3) is 0 Å². The summed E-state index contributed by atoms with van der Waals surface area (Å²) >= 11 is 0. The second kappa shape index (κ2) is 6.06. The highest BCUT2D eigenvalue weighted by molar-refractivity contribution is 5.91. The Hall–Kier alpha value is -2.31. The largest absolute Gasteiger partial charge is 0.416 e. The highest BCUT2D eigenvalue weighted by atomic mass is 19.4. The smallest absolute Gasteiger partial charge is 0.309 e. The standard InChI is InChI=1S/C16H16F3N3O/c17-16(18,19)12-6-4-10(5-7-12)8-15(23)20-14-9-13(21-22-14)11-2-1-3-11/h4-7,9,11H,1-3,8H2,(H2,20,21,22,23). The van der Waals surface area contributed by atoms with E-state index in [-0.39, 0.29) is 12.3 Å². The fourth-order valence-corrected chi connectivity index (χ4v) is 2.51. The quantitative estimate of drug-likeness (QED) is 0.897. The van der Waals surface area contributed by atoms with Gasteiger partial charge in [0.25, 0.3) is 0 Å². The summed E-state index contributed by atoms with van der Waals surface area (Å²) in [7, 11) is 0. The van der Waals surface area contributed by atoms with Crippen LogP contribution < -0.4 is 5.32 Å². The van der Waals surface area contributed by atoms with E-state index in [1.165, 1.54) is 18.6 Å². The van der Waals surface area contributed by atoms with Gasteiger partial charge in [-0.25, -0.2) is 0 Å². The van der Waals surface area contributed by atoms with Crippen LogP contribution in [0.4, 0.5) is 19.0 Å². The molecule has 2 aromatic rings. The third-order valence-electron chi connectivity index (χ3n) is 4.06. The monoisotopic (exact) mass is 323 g/mol. The van der Waals surface area contributed by atoms with Crippen molar-refractivity contribution in [2.24, 2.45) is 0 Å². The van der Waals surface area contributed by atoms with E-state index in [9.17, 15) is 18.0 Å². The lowest BCUT2D eigenvalue weighted by Gasteiger charge is -2.23. The van der Waals surface area contributed by atoms with Gasteiger partial charge in [-0.2, -0.15) is 18.3 Å². The van der Waals surface area contributed by atoms with Gasteiger partial charge >= 0.3 is 6.18 Å². The number of rotatable bonds is 4. The Balaban J connectivity index is 1.57.